The smallest absolute Gasteiger partial charge is 0.252 e. The zero-order valence-electron chi connectivity index (χ0n) is 14.7. The third-order valence-electron chi connectivity index (χ3n) is 3.78. The van der Waals surface area contributed by atoms with E-state index in [0.29, 0.717) is 11.4 Å². The van der Waals surface area contributed by atoms with Crippen molar-refractivity contribution in [3.8, 4) is 5.75 Å². The van der Waals surface area contributed by atoms with Gasteiger partial charge in [0.25, 0.3) is 5.91 Å². The van der Waals surface area contributed by atoms with Crippen molar-refractivity contribution in [2.75, 3.05) is 12.4 Å². The van der Waals surface area contributed by atoms with Crippen LogP contribution in [0.1, 0.15) is 12.0 Å². The highest BCUT2D eigenvalue weighted by molar-refractivity contribution is 6.07. The van der Waals surface area contributed by atoms with Gasteiger partial charge >= 0.3 is 0 Å². The molecule has 0 radical (unpaired) electrons. The molecule has 0 saturated carbocycles. The van der Waals surface area contributed by atoms with Crippen molar-refractivity contribution in [2.24, 2.45) is 10.1 Å². The first-order valence-corrected chi connectivity index (χ1v) is 8.31. The molecule has 0 aliphatic carbocycles. The van der Waals surface area contributed by atoms with Crippen LogP contribution in [-0.4, -0.2) is 37.1 Å². The molecule has 0 bridgehead atoms. The normalized spacial score (nSPS) is 16.0. The van der Waals surface area contributed by atoms with Crippen LogP contribution < -0.4 is 20.8 Å². The van der Waals surface area contributed by atoms with Gasteiger partial charge in [0.1, 0.15) is 11.8 Å². The van der Waals surface area contributed by atoms with Gasteiger partial charge in [0.2, 0.25) is 11.9 Å². The quantitative estimate of drug-likeness (QED) is 0.533. The lowest BCUT2D eigenvalue weighted by atomic mass is 10.2. The number of hydrogen-bond acceptors (Lipinski definition) is 6. The van der Waals surface area contributed by atoms with Crippen molar-refractivity contribution in [3.63, 3.8) is 0 Å². The lowest BCUT2D eigenvalue weighted by Crippen LogP contribution is -2.35. The second kappa shape index (κ2) is 8.61. The number of nitrogens with one attached hydrogen (secondary N) is 3. The molecule has 1 aliphatic rings. The minimum Gasteiger partial charge on any atom is -0.496 e. The number of carbonyl (C=O) groups excluding carboxylic acids is 2. The highest BCUT2D eigenvalue weighted by Gasteiger charge is 2.28. The summed E-state index contributed by atoms with van der Waals surface area (Å²) in [5.74, 6) is 0.233. The van der Waals surface area contributed by atoms with Gasteiger partial charge in [-0.25, -0.2) is 10.4 Å². The van der Waals surface area contributed by atoms with E-state index in [0.717, 1.165) is 5.56 Å². The van der Waals surface area contributed by atoms with Gasteiger partial charge < -0.3 is 10.1 Å². The zero-order chi connectivity index (χ0) is 19.1. The topological polar surface area (TPSA) is 104 Å². The number of hydrogen-bond donors (Lipinski definition) is 3. The number of aliphatic imine (C=N–C) groups is 1. The number of para-hydroxylation sites is 2. The Morgan fingerprint density at radius 2 is 1.96 bits per heavy atom. The van der Waals surface area contributed by atoms with Crippen LogP contribution in [0.4, 0.5) is 5.69 Å². The van der Waals surface area contributed by atoms with E-state index in [1.54, 1.807) is 25.5 Å². The molecular weight excluding hydrogens is 346 g/mol. The molecule has 0 saturated heterocycles. The number of amides is 2. The Hall–Kier alpha value is -3.68. The summed E-state index contributed by atoms with van der Waals surface area (Å²) in [6, 6.07) is 15.6. The Kier molecular flexibility index (Phi) is 5.78. The number of benzene rings is 2. The Morgan fingerprint density at radius 3 is 2.74 bits per heavy atom. The molecule has 27 heavy (non-hydrogen) atoms. The summed E-state index contributed by atoms with van der Waals surface area (Å²) in [5, 5.41) is 9.34. The third-order valence-corrected chi connectivity index (χ3v) is 3.78. The van der Waals surface area contributed by atoms with E-state index in [1.165, 1.54) is 0 Å². The maximum absolute atomic E-state index is 12.1. The molecule has 1 aliphatic heterocycles. The minimum absolute atomic E-state index is 0.0534. The molecule has 0 spiro atoms. The molecule has 2 aromatic rings. The van der Waals surface area contributed by atoms with Gasteiger partial charge in [-0.15, -0.1) is 0 Å². The van der Waals surface area contributed by atoms with Gasteiger partial charge in [-0.1, -0.05) is 30.3 Å². The third kappa shape index (κ3) is 4.91. The van der Waals surface area contributed by atoms with Gasteiger partial charge in [0.15, 0.2) is 0 Å². The molecule has 8 heteroatoms. The van der Waals surface area contributed by atoms with Crippen LogP contribution in [0.5, 0.6) is 5.75 Å². The van der Waals surface area contributed by atoms with E-state index >= 15 is 0 Å². The SMILES string of the molecule is COc1ccccc1/C=N\NC1=N[C@@H](CC(=O)Nc2ccccc2)C(=O)N1. The number of carbonyl (C=O) groups is 2. The standard InChI is InChI=1S/C19H19N5O3/c1-27-16-10-6-5-7-13(16)12-20-24-19-22-15(18(26)23-19)11-17(25)21-14-8-3-2-4-9-14/h2-10,12,15H,11H2,1H3,(H,21,25)(H2,22,23,24,26)/b20-12-/t15-/m0/s1. The minimum atomic E-state index is -0.794. The highest BCUT2D eigenvalue weighted by Crippen LogP contribution is 2.14. The van der Waals surface area contributed by atoms with Gasteiger partial charge in [0.05, 0.1) is 19.7 Å². The molecule has 3 N–H and O–H groups in total. The van der Waals surface area contributed by atoms with E-state index in [4.69, 9.17) is 4.74 Å². The summed E-state index contributed by atoms with van der Waals surface area (Å²) in [5.41, 5.74) is 4.11. The zero-order valence-corrected chi connectivity index (χ0v) is 14.7. The van der Waals surface area contributed by atoms with Crippen molar-refractivity contribution in [2.45, 2.75) is 12.5 Å². The van der Waals surface area contributed by atoms with Crippen LogP contribution in [-0.2, 0) is 9.59 Å². The molecule has 0 aromatic heterocycles. The second-order valence-electron chi connectivity index (χ2n) is 5.71. The van der Waals surface area contributed by atoms with Crippen LogP contribution in [0.2, 0.25) is 0 Å². The molecule has 2 amide bonds. The number of nitrogens with zero attached hydrogens (tertiary/aromatic N) is 2. The van der Waals surface area contributed by atoms with E-state index in [1.807, 2.05) is 42.5 Å². The van der Waals surface area contributed by atoms with Crippen molar-refractivity contribution in [1.82, 2.24) is 10.7 Å². The fourth-order valence-electron chi connectivity index (χ4n) is 2.49. The van der Waals surface area contributed by atoms with Gasteiger partial charge in [-0.05, 0) is 24.3 Å². The summed E-state index contributed by atoms with van der Waals surface area (Å²) < 4.78 is 5.23. The van der Waals surface area contributed by atoms with E-state index in [9.17, 15) is 9.59 Å². The summed E-state index contributed by atoms with van der Waals surface area (Å²) in [6.45, 7) is 0. The fourth-order valence-corrected chi connectivity index (χ4v) is 2.49. The largest absolute Gasteiger partial charge is 0.496 e. The number of guanidine groups is 1. The first-order valence-electron chi connectivity index (χ1n) is 8.31. The van der Waals surface area contributed by atoms with Crippen molar-refractivity contribution >= 4 is 29.7 Å². The van der Waals surface area contributed by atoms with Crippen molar-refractivity contribution in [1.29, 1.82) is 0 Å². The summed E-state index contributed by atoms with van der Waals surface area (Å²) in [6.07, 6.45) is 1.51. The Bertz CT molecular complexity index is 880. The Morgan fingerprint density at radius 1 is 1.22 bits per heavy atom. The number of anilines is 1. The summed E-state index contributed by atoms with van der Waals surface area (Å²) in [4.78, 5) is 28.2. The van der Waals surface area contributed by atoms with Crippen LogP contribution >= 0.6 is 0 Å². The van der Waals surface area contributed by atoms with Crippen LogP contribution in [0, 0.1) is 0 Å². The maximum Gasteiger partial charge on any atom is 0.252 e. The second-order valence-corrected chi connectivity index (χ2v) is 5.71. The highest BCUT2D eigenvalue weighted by atomic mass is 16.5. The number of methoxy groups -OCH3 is 1. The summed E-state index contributed by atoms with van der Waals surface area (Å²) in [7, 11) is 1.58. The first-order chi connectivity index (χ1) is 13.2. The van der Waals surface area contributed by atoms with Gasteiger partial charge in [-0.2, -0.15) is 5.10 Å². The Balaban J connectivity index is 1.56. The molecule has 0 unspecified atom stereocenters. The molecule has 2 aromatic carbocycles. The number of rotatable bonds is 6. The molecule has 3 rings (SSSR count). The average Bonchev–Trinajstić information content (AvgIpc) is 3.02. The van der Waals surface area contributed by atoms with Crippen molar-refractivity contribution < 1.29 is 14.3 Å². The average molecular weight is 365 g/mol. The molecular formula is C19H19N5O3. The summed E-state index contributed by atoms with van der Waals surface area (Å²) >= 11 is 0. The van der Waals surface area contributed by atoms with Crippen LogP contribution in [0.15, 0.2) is 64.7 Å². The lowest BCUT2D eigenvalue weighted by molar-refractivity contribution is -0.123. The Labute approximate surface area is 156 Å². The molecule has 138 valence electrons. The predicted molar refractivity (Wildman–Crippen MR) is 103 cm³/mol. The predicted octanol–water partition coefficient (Wildman–Crippen LogP) is 1.50. The molecule has 1 heterocycles. The molecule has 0 fully saturated rings. The number of ether oxygens (including phenoxy) is 1. The van der Waals surface area contributed by atoms with E-state index < -0.39 is 6.04 Å². The van der Waals surface area contributed by atoms with Crippen LogP contribution in [0.25, 0.3) is 0 Å². The van der Waals surface area contributed by atoms with E-state index in [-0.39, 0.29) is 24.2 Å². The molecule has 8 nitrogen and oxygen atoms in total. The van der Waals surface area contributed by atoms with E-state index in [2.05, 4.69) is 26.2 Å². The fraction of sp³-hybridized carbons (Fsp3) is 0.158. The number of hydrazone groups is 1. The maximum atomic E-state index is 12.1. The van der Waals surface area contributed by atoms with Gasteiger partial charge in [0, 0.05) is 11.3 Å². The van der Waals surface area contributed by atoms with Crippen LogP contribution in [0.3, 0.4) is 0 Å². The lowest BCUT2D eigenvalue weighted by Gasteiger charge is -2.06. The van der Waals surface area contributed by atoms with Gasteiger partial charge in [-0.3, -0.25) is 14.9 Å². The first kappa shape index (κ1) is 18.1. The monoisotopic (exact) mass is 365 g/mol. The van der Waals surface area contributed by atoms with Crippen molar-refractivity contribution in [3.05, 3.63) is 60.2 Å². The molecule has 1 atom stereocenters.